The van der Waals surface area contributed by atoms with E-state index in [4.69, 9.17) is 16.2 Å². The summed E-state index contributed by atoms with van der Waals surface area (Å²) < 4.78 is 5.78. The van der Waals surface area contributed by atoms with Gasteiger partial charge in [-0.05, 0) is 87.2 Å². The molecule has 26 heavy (non-hydrogen) atoms. The van der Waals surface area contributed by atoms with E-state index in [1.165, 1.54) is 19.3 Å². The second kappa shape index (κ2) is 8.72. The van der Waals surface area contributed by atoms with Gasteiger partial charge in [0.25, 0.3) is 0 Å². The summed E-state index contributed by atoms with van der Waals surface area (Å²) in [7, 11) is 0. The minimum Gasteiger partial charge on any atom is -0.494 e. The Balaban J connectivity index is 1.46. The average molecular weight is 353 g/mol. The summed E-state index contributed by atoms with van der Waals surface area (Å²) >= 11 is 0. The minimum absolute atomic E-state index is 0.0755. The third-order valence-electron chi connectivity index (χ3n) is 4.90. The molecule has 1 fully saturated rings. The van der Waals surface area contributed by atoms with E-state index >= 15 is 0 Å². The summed E-state index contributed by atoms with van der Waals surface area (Å²) in [5, 5.41) is 3.40. The first kappa shape index (κ1) is 18.3. The van der Waals surface area contributed by atoms with Crippen LogP contribution in [0.2, 0.25) is 0 Å². The average Bonchev–Trinajstić information content (AvgIpc) is 3.17. The Morgan fingerprint density at radius 3 is 2.50 bits per heavy atom. The van der Waals surface area contributed by atoms with Gasteiger partial charge in [0.05, 0.1) is 18.0 Å². The van der Waals surface area contributed by atoms with Gasteiger partial charge in [0.1, 0.15) is 5.75 Å². The van der Waals surface area contributed by atoms with Crippen LogP contribution in [-0.4, -0.2) is 25.5 Å². The van der Waals surface area contributed by atoms with Crippen molar-refractivity contribution in [2.45, 2.75) is 25.7 Å². The van der Waals surface area contributed by atoms with Gasteiger partial charge in [-0.25, -0.2) is 0 Å². The molecule has 0 saturated carbocycles. The second-order valence-electron chi connectivity index (χ2n) is 6.90. The Kier molecular flexibility index (Phi) is 6.12. The maximum absolute atomic E-state index is 12.5. The molecule has 3 rings (SSSR count). The summed E-state index contributed by atoms with van der Waals surface area (Å²) in [6.45, 7) is 3.03. The van der Waals surface area contributed by atoms with E-state index in [1.54, 1.807) is 30.3 Å². The Hall–Kier alpha value is -2.53. The zero-order valence-corrected chi connectivity index (χ0v) is 15.0. The molecule has 2 aromatic rings. The SMILES string of the molecule is Nc1ccc(C(=O)c2ccc(OCCCCC3CCNC3)cc2)cc1N. The molecule has 1 atom stereocenters. The zero-order chi connectivity index (χ0) is 18.4. The van der Waals surface area contributed by atoms with Crippen molar-refractivity contribution in [2.24, 2.45) is 5.92 Å². The van der Waals surface area contributed by atoms with Gasteiger partial charge in [-0.2, -0.15) is 0 Å². The van der Waals surface area contributed by atoms with Gasteiger partial charge >= 0.3 is 0 Å². The molecule has 0 spiro atoms. The standard InChI is InChI=1S/C21H27N3O2/c22-19-9-6-17(13-20(19)23)21(25)16-4-7-18(8-5-16)26-12-2-1-3-15-10-11-24-14-15/h4-9,13,15,24H,1-3,10-12,14,22-23H2. The van der Waals surface area contributed by atoms with Crippen molar-refractivity contribution in [3.8, 4) is 5.75 Å². The monoisotopic (exact) mass is 353 g/mol. The van der Waals surface area contributed by atoms with Crippen LogP contribution in [0, 0.1) is 5.92 Å². The predicted molar refractivity (Wildman–Crippen MR) is 105 cm³/mol. The van der Waals surface area contributed by atoms with Gasteiger partial charge in [-0.3, -0.25) is 4.79 Å². The summed E-state index contributed by atoms with van der Waals surface area (Å²) in [4.78, 5) is 12.5. The molecule has 2 aromatic carbocycles. The summed E-state index contributed by atoms with van der Waals surface area (Å²) in [5.41, 5.74) is 13.5. The number of rotatable bonds is 8. The number of hydrogen-bond acceptors (Lipinski definition) is 5. The van der Waals surface area contributed by atoms with Crippen LogP contribution < -0.4 is 21.5 Å². The molecule has 0 aliphatic carbocycles. The van der Waals surface area contributed by atoms with Crippen LogP contribution in [0.15, 0.2) is 42.5 Å². The fourth-order valence-corrected chi connectivity index (χ4v) is 3.27. The lowest BCUT2D eigenvalue weighted by molar-refractivity contribution is 0.103. The number of ketones is 1. The summed E-state index contributed by atoms with van der Waals surface area (Å²) in [6.07, 6.45) is 4.83. The van der Waals surface area contributed by atoms with Crippen molar-refractivity contribution < 1.29 is 9.53 Å². The molecular weight excluding hydrogens is 326 g/mol. The van der Waals surface area contributed by atoms with E-state index in [2.05, 4.69) is 5.32 Å². The molecule has 0 bridgehead atoms. The van der Waals surface area contributed by atoms with Crippen LogP contribution in [0.5, 0.6) is 5.75 Å². The highest BCUT2D eigenvalue weighted by Crippen LogP contribution is 2.21. The first-order valence-corrected chi connectivity index (χ1v) is 9.27. The van der Waals surface area contributed by atoms with Crippen molar-refractivity contribution >= 4 is 17.2 Å². The molecule has 1 aliphatic rings. The maximum Gasteiger partial charge on any atom is 0.193 e. The summed E-state index contributed by atoms with van der Waals surface area (Å²) in [6, 6.07) is 12.2. The van der Waals surface area contributed by atoms with Gasteiger partial charge in [0, 0.05) is 11.1 Å². The Bertz CT molecular complexity index is 737. The van der Waals surface area contributed by atoms with Crippen LogP contribution >= 0.6 is 0 Å². The van der Waals surface area contributed by atoms with Crippen molar-refractivity contribution in [2.75, 3.05) is 31.2 Å². The lowest BCUT2D eigenvalue weighted by Crippen LogP contribution is -2.09. The molecule has 1 unspecified atom stereocenters. The number of carbonyl (C=O) groups is 1. The van der Waals surface area contributed by atoms with E-state index in [0.29, 0.717) is 29.1 Å². The van der Waals surface area contributed by atoms with Crippen molar-refractivity contribution in [3.63, 3.8) is 0 Å². The van der Waals surface area contributed by atoms with E-state index in [0.717, 1.165) is 31.2 Å². The lowest BCUT2D eigenvalue weighted by Gasteiger charge is -2.09. The Labute approximate surface area is 154 Å². The smallest absolute Gasteiger partial charge is 0.193 e. The van der Waals surface area contributed by atoms with Crippen LogP contribution in [0.1, 0.15) is 41.6 Å². The van der Waals surface area contributed by atoms with E-state index in [-0.39, 0.29) is 5.78 Å². The highest BCUT2D eigenvalue weighted by Gasteiger charge is 2.13. The maximum atomic E-state index is 12.5. The van der Waals surface area contributed by atoms with Gasteiger partial charge in [0.2, 0.25) is 0 Å². The number of nitrogen functional groups attached to an aromatic ring is 2. The zero-order valence-electron chi connectivity index (χ0n) is 15.0. The molecule has 5 nitrogen and oxygen atoms in total. The topological polar surface area (TPSA) is 90.4 Å². The molecule has 1 heterocycles. The fourth-order valence-electron chi connectivity index (χ4n) is 3.27. The molecule has 5 heteroatoms. The second-order valence-corrected chi connectivity index (χ2v) is 6.90. The number of nitrogens with one attached hydrogen (secondary N) is 1. The highest BCUT2D eigenvalue weighted by molar-refractivity contribution is 6.09. The largest absolute Gasteiger partial charge is 0.494 e. The van der Waals surface area contributed by atoms with Crippen LogP contribution in [-0.2, 0) is 0 Å². The van der Waals surface area contributed by atoms with Gasteiger partial charge in [-0.15, -0.1) is 0 Å². The number of ether oxygens (including phenoxy) is 1. The van der Waals surface area contributed by atoms with Crippen molar-refractivity contribution in [3.05, 3.63) is 53.6 Å². The highest BCUT2D eigenvalue weighted by atomic mass is 16.5. The number of hydrogen-bond donors (Lipinski definition) is 3. The third-order valence-corrected chi connectivity index (χ3v) is 4.90. The normalized spacial score (nSPS) is 16.5. The van der Waals surface area contributed by atoms with Gasteiger partial charge < -0.3 is 21.5 Å². The first-order chi connectivity index (χ1) is 12.6. The molecule has 0 radical (unpaired) electrons. The molecule has 138 valence electrons. The molecule has 0 amide bonds. The van der Waals surface area contributed by atoms with E-state index in [1.807, 2.05) is 12.1 Å². The molecule has 1 aliphatic heterocycles. The minimum atomic E-state index is -0.0755. The van der Waals surface area contributed by atoms with Crippen LogP contribution in [0.4, 0.5) is 11.4 Å². The number of unbranched alkanes of at least 4 members (excludes halogenated alkanes) is 1. The lowest BCUT2D eigenvalue weighted by atomic mass is 10.0. The fraction of sp³-hybridized carbons (Fsp3) is 0.381. The number of benzene rings is 2. The molecule has 1 saturated heterocycles. The van der Waals surface area contributed by atoms with Gasteiger partial charge in [0.15, 0.2) is 5.78 Å². The van der Waals surface area contributed by atoms with Gasteiger partial charge in [-0.1, -0.05) is 0 Å². The summed E-state index contributed by atoms with van der Waals surface area (Å²) in [5.74, 6) is 1.55. The Morgan fingerprint density at radius 1 is 1.04 bits per heavy atom. The predicted octanol–water partition coefficient (Wildman–Crippen LogP) is 3.24. The van der Waals surface area contributed by atoms with Crippen LogP contribution in [0.3, 0.4) is 0 Å². The Morgan fingerprint density at radius 2 is 1.81 bits per heavy atom. The number of anilines is 2. The quantitative estimate of drug-likeness (QED) is 0.385. The van der Waals surface area contributed by atoms with E-state index < -0.39 is 0 Å². The van der Waals surface area contributed by atoms with Crippen molar-refractivity contribution in [1.29, 1.82) is 0 Å². The van der Waals surface area contributed by atoms with E-state index in [9.17, 15) is 4.79 Å². The third kappa shape index (κ3) is 4.76. The van der Waals surface area contributed by atoms with Crippen molar-refractivity contribution in [1.82, 2.24) is 5.32 Å². The van der Waals surface area contributed by atoms with Crippen LogP contribution in [0.25, 0.3) is 0 Å². The number of nitrogens with two attached hydrogens (primary N) is 2. The molecule has 5 N–H and O–H groups in total. The number of carbonyl (C=O) groups excluding carboxylic acids is 1. The molecular formula is C21H27N3O2. The molecule has 0 aromatic heterocycles. The first-order valence-electron chi connectivity index (χ1n) is 9.27.